The third kappa shape index (κ3) is 4.93. The molecule has 1 saturated carbocycles. The normalized spacial score (nSPS) is 13.9. The van der Waals surface area contributed by atoms with Gasteiger partial charge < -0.3 is 15.4 Å². The molecule has 1 heterocycles. The van der Waals surface area contributed by atoms with Gasteiger partial charge in [0.1, 0.15) is 5.82 Å². The van der Waals surface area contributed by atoms with Crippen molar-refractivity contribution in [1.82, 2.24) is 9.97 Å². The lowest BCUT2D eigenvalue weighted by atomic mass is 10.2. The van der Waals surface area contributed by atoms with Gasteiger partial charge in [-0.1, -0.05) is 18.9 Å². The fourth-order valence-electron chi connectivity index (χ4n) is 3.05. The van der Waals surface area contributed by atoms with Crippen LogP contribution in [0.2, 0.25) is 0 Å². The van der Waals surface area contributed by atoms with E-state index in [9.17, 15) is 9.59 Å². The number of anilines is 4. The number of ether oxygens (including phenoxy) is 1. The predicted molar refractivity (Wildman–Crippen MR) is 104 cm³/mol. The lowest BCUT2D eigenvalue weighted by Crippen LogP contribution is -2.18. The van der Waals surface area contributed by atoms with Gasteiger partial charge in [0.2, 0.25) is 5.95 Å². The van der Waals surface area contributed by atoms with Gasteiger partial charge in [0.25, 0.3) is 0 Å². The lowest BCUT2D eigenvalue weighted by Gasteiger charge is -2.16. The average Bonchev–Trinajstić information content (AvgIpc) is 3.15. The maximum atomic E-state index is 11.9. The van der Waals surface area contributed by atoms with Crippen LogP contribution in [-0.4, -0.2) is 35.0 Å². The van der Waals surface area contributed by atoms with Crippen molar-refractivity contribution in [3.63, 3.8) is 0 Å². The molecule has 2 aromatic rings. The summed E-state index contributed by atoms with van der Waals surface area (Å²) < 4.78 is 4.59. The number of nitrogens with zero attached hydrogens (tertiary/aromatic N) is 2. The van der Waals surface area contributed by atoms with Crippen LogP contribution in [0, 0.1) is 0 Å². The smallest absolute Gasteiger partial charge is 0.411 e. The summed E-state index contributed by atoms with van der Waals surface area (Å²) in [4.78, 5) is 32.0. The Balaban J connectivity index is 1.79. The predicted octanol–water partition coefficient (Wildman–Crippen LogP) is 3.96. The zero-order valence-electron chi connectivity index (χ0n) is 15.4. The molecule has 0 unspecified atom stereocenters. The average molecular weight is 369 g/mol. The van der Waals surface area contributed by atoms with Crippen LogP contribution in [0.1, 0.15) is 43.0 Å². The minimum Gasteiger partial charge on any atom is -0.453 e. The Kier molecular flexibility index (Phi) is 5.85. The number of carbonyl (C=O) groups excluding carboxylic acids is 2. The molecule has 8 heteroatoms. The van der Waals surface area contributed by atoms with E-state index >= 15 is 0 Å². The number of amides is 1. The van der Waals surface area contributed by atoms with Gasteiger partial charge in [0.15, 0.2) is 5.78 Å². The zero-order chi connectivity index (χ0) is 19.2. The molecule has 3 N–H and O–H groups in total. The summed E-state index contributed by atoms with van der Waals surface area (Å²) in [6.45, 7) is 1.51. The molecule has 1 aromatic carbocycles. The largest absolute Gasteiger partial charge is 0.453 e. The van der Waals surface area contributed by atoms with Gasteiger partial charge in [0, 0.05) is 23.6 Å². The van der Waals surface area contributed by atoms with Crippen LogP contribution in [0.25, 0.3) is 0 Å². The highest BCUT2D eigenvalue weighted by Gasteiger charge is 2.19. The summed E-state index contributed by atoms with van der Waals surface area (Å²) in [5.74, 6) is 0.845. The maximum absolute atomic E-state index is 11.9. The molecule has 0 spiro atoms. The van der Waals surface area contributed by atoms with Crippen molar-refractivity contribution in [2.75, 3.05) is 23.1 Å². The van der Waals surface area contributed by atoms with E-state index in [0.717, 1.165) is 12.8 Å². The highest BCUT2D eigenvalue weighted by atomic mass is 16.5. The number of hydrogen-bond donors (Lipinski definition) is 3. The van der Waals surface area contributed by atoms with Crippen molar-refractivity contribution >= 4 is 35.0 Å². The minimum absolute atomic E-state index is 0.0775. The van der Waals surface area contributed by atoms with E-state index in [1.54, 1.807) is 18.2 Å². The first-order chi connectivity index (χ1) is 13.0. The van der Waals surface area contributed by atoms with Crippen molar-refractivity contribution in [2.45, 2.75) is 38.6 Å². The Morgan fingerprint density at radius 1 is 1.19 bits per heavy atom. The number of methoxy groups -OCH3 is 1. The van der Waals surface area contributed by atoms with Crippen LogP contribution >= 0.6 is 0 Å². The van der Waals surface area contributed by atoms with Crippen LogP contribution in [0.3, 0.4) is 0 Å². The molecule has 1 aliphatic carbocycles. The second-order valence-corrected chi connectivity index (χ2v) is 6.46. The highest BCUT2D eigenvalue weighted by Crippen LogP contribution is 2.25. The van der Waals surface area contributed by atoms with Crippen LogP contribution in [0.15, 0.2) is 30.5 Å². The van der Waals surface area contributed by atoms with Crippen molar-refractivity contribution in [3.05, 3.63) is 36.0 Å². The number of nitrogens with one attached hydrogen (secondary N) is 3. The van der Waals surface area contributed by atoms with E-state index in [1.807, 2.05) is 6.07 Å². The van der Waals surface area contributed by atoms with Crippen LogP contribution in [0.4, 0.5) is 27.9 Å². The van der Waals surface area contributed by atoms with Crippen LogP contribution in [-0.2, 0) is 4.74 Å². The van der Waals surface area contributed by atoms with Gasteiger partial charge in [-0.3, -0.25) is 10.1 Å². The number of Topliss-reactive ketones (excluding diaryl/α,β-unsaturated/α-hetero) is 1. The molecule has 0 aliphatic heterocycles. The Labute approximate surface area is 157 Å². The topological polar surface area (TPSA) is 105 Å². The molecule has 1 fully saturated rings. The van der Waals surface area contributed by atoms with Gasteiger partial charge in [-0.05, 0) is 38.0 Å². The SMILES string of the molecule is COC(=O)Nc1cccc(Nc2ncc(C(C)=O)c(NC3CCCC3)n2)c1. The van der Waals surface area contributed by atoms with Gasteiger partial charge >= 0.3 is 6.09 Å². The van der Waals surface area contributed by atoms with E-state index in [-0.39, 0.29) is 5.78 Å². The highest BCUT2D eigenvalue weighted by molar-refractivity contribution is 5.98. The molecule has 0 bridgehead atoms. The van der Waals surface area contributed by atoms with E-state index in [2.05, 4.69) is 30.7 Å². The Hall–Kier alpha value is -3.16. The standard InChI is InChI=1S/C19H23N5O3/c1-12(25)16-11-20-18(24-17(16)21-13-6-3-4-7-13)22-14-8-5-9-15(10-14)23-19(26)27-2/h5,8-11,13H,3-4,6-7H2,1-2H3,(H,23,26)(H2,20,21,22,24). The maximum Gasteiger partial charge on any atom is 0.411 e. The molecule has 0 atom stereocenters. The number of rotatable bonds is 6. The van der Waals surface area contributed by atoms with Crippen LogP contribution < -0.4 is 16.0 Å². The molecule has 27 heavy (non-hydrogen) atoms. The monoisotopic (exact) mass is 369 g/mol. The third-order valence-electron chi connectivity index (χ3n) is 4.41. The van der Waals surface area contributed by atoms with Crippen molar-refractivity contribution < 1.29 is 14.3 Å². The summed E-state index contributed by atoms with van der Waals surface area (Å²) in [5, 5.41) is 9.08. The summed E-state index contributed by atoms with van der Waals surface area (Å²) >= 11 is 0. The number of ketones is 1. The van der Waals surface area contributed by atoms with E-state index in [0.29, 0.717) is 34.7 Å². The second kappa shape index (κ2) is 8.48. The van der Waals surface area contributed by atoms with Crippen molar-refractivity contribution in [2.24, 2.45) is 0 Å². The first-order valence-corrected chi connectivity index (χ1v) is 8.91. The third-order valence-corrected chi connectivity index (χ3v) is 4.41. The fourth-order valence-corrected chi connectivity index (χ4v) is 3.05. The quantitative estimate of drug-likeness (QED) is 0.662. The van der Waals surface area contributed by atoms with Gasteiger partial charge in [-0.2, -0.15) is 4.98 Å². The zero-order valence-corrected chi connectivity index (χ0v) is 15.4. The van der Waals surface area contributed by atoms with Crippen molar-refractivity contribution in [1.29, 1.82) is 0 Å². The van der Waals surface area contributed by atoms with Crippen molar-refractivity contribution in [3.8, 4) is 0 Å². The molecule has 1 aliphatic rings. The Morgan fingerprint density at radius 3 is 2.63 bits per heavy atom. The number of hydrogen-bond acceptors (Lipinski definition) is 7. The first-order valence-electron chi connectivity index (χ1n) is 8.91. The summed E-state index contributed by atoms with van der Waals surface area (Å²) in [6, 6.07) is 7.43. The van der Waals surface area contributed by atoms with Crippen LogP contribution in [0.5, 0.6) is 0 Å². The van der Waals surface area contributed by atoms with E-state index in [4.69, 9.17) is 0 Å². The van der Waals surface area contributed by atoms with Gasteiger partial charge in [0.05, 0.1) is 12.7 Å². The summed E-state index contributed by atoms with van der Waals surface area (Å²) in [6.07, 6.45) is 5.51. The van der Waals surface area contributed by atoms with E-state index < -0.39 is 6.09 Å². The first kappa shape index (κ1) is 18.6. The van der Waals surface area contributed by atoms with E-state index in [1.165, 1.54) is 33.1 Å². The molecular weight excluding hydrogens is 346 g/mol. The molecule has 0 saturated heterocycles. The molecule has 8 nitrogen and oxygen atoms in total. The summed E-state index contributed by atoms with van der Waals surface area (Å²) in [5.41, 5.74) is 1.76. The lowest BCUT2D eigenvalue weighted by molar-refractivity contribution is 0.101. The summed E-state index contributed by atoms with van der Waals surface area (Å²) in [7, 11) is 1.31. The second-order valence-electron chi connectivity index (χ2n) is 6.46. The molecule has 0 radical (unpaired) electrons. The number of carbonyl (C=O) groups is 2. The Bertz CT molecular complexity index is 834. The molecular formula is C19H23N5O3. The fraction of sp³-hybridized carbons (Fsp3) is 0.368. The Morgan fingerprint density at radius 2 is 1.93 bits per heavy atom. The minimum atomic E-state index is -0.544. The molecule has 1 amide bonds. The molecule has 142 valence electrons. The van der Waals surface area contributed by atoms with Gasteiger partial charge in [-0.25, -0.2) is 9.78 Å². The number of aromatic nitrogens is 2. The number of benzene rings is 1. The van der Waals surface area contributed by atoms with Gasteiger partial charge in [-0.15, -0.1) is 0 Å². The molecule has 3 rings (SSSR count). The molecule has 1 aromatic heterocycles.